The number of ether oxygens (including phenoxy) is 2. The zero-order valence-electron chi connectivity index (χ0n) is 7.84. The van der Waals surface area contributed by atoms with E-state index in [0.29, 0.717) is 0 Å². The first-order chi connectivity index (χ1) is 6.06. The molecule has 0 bridgehead atoms. The Kier molecular flexibility index (Phi) is 5.65. The van der Waals surface area contributed by atoms with Gasteiger partial charge in [-0.15, -0.1) is 0 Å². The van der Waals surface area contributed by atoms with Gasteiger partial charge >= 0.3 is 29.6 Å². The average molecular weight is 212 g/mol. The fourth-order valence-electron chi connectivity index (χ4n) is 0.953. The third-order valence-corrected chi connectivity index (χ3v) is 1.63. The van der Waals surface area contributed by atoms with Crippen molar-refractivity contribution in [2.75, 3.05) is 7.11 Å². The third kappa shape index (κ3) is 2.94. The van der Waals surface area contributed by atoms with Gasteiger partial charge in [0.05, 0.1) is 0 Å². The summed E-state index contributed by atoms with van der Waals surface area (Å²) >= 11 is 0. The molecule has 1 aliphatic rings. The predicted molar refractivity (Wildman–Crippen MR) is 37.0 cm³/mol. The fraction of sp³-hybridized carbons (Fsp3) is 0.571. The quantitative estimate of drug-likeness (QED) is 0.443. The van der Waals surface area contributed by atoms with Gasteiger partial charge in [0.2, 0.25) is 6.29 Å². The molecule has 0 fully saturated rings. The Labute approximate surface area is 102 Å². The molecule has 0 aromatic carbocycles. The van der Waals surface area contributed by atoms with Gasteiger partial charge in [0.1, 0.15) is 23.9 Å². The standard InChI is InChI=1S/C7H10O6.Na/c1-12-7-5(9)3(8)2-4(13-7)6(10)11;/h2-3,5,7-9H,1H3,(H,10,11);/q;+1/p-1. The monoisotopic (exact) mass is 212 g/mol. The van der Waals surface area contributed by atoms with Crippen LogP contribution in [0.15, 0.2) is 11.8 Å². The number of carboxylic acids is 1. The first-order valence-corrected chi connectivity index (χ1v) is 3.55. The molecule has 2 N–H and O–H groups in total. The van der Waals surface area contributed by atoms with Gasteiger partial charge in [0, 0.05) is 7.11 Å². The van der Waals surface area contributed by atoms with Crippen LogP contribution in [-0.2, 0) is 14.3 Å². The van der Waals surface area contributed by atoms with Gasteiger partial charge in [-0.2, -0.15) is 0 Å². The molecule has 1 heterocycles. The minimum absolute atomic E-state index is 0. The third-order valence-electron chi connectivity index (χ3n) is 1.63. The van der Waals surface area contributed by atoms with Crippen molar-refractivity contribution in [2.24, 2.45) is 0 Å². The van der Waals surface area contributed by atoms with Crippen LogP contribution in [-0.4, -0.2) is 41.8 Å². The summed E-state index contributed by atoms with van der Waals surface area (Å²) in [6, 6.07) is 0. The Balaban J connectivity index is 0.00000169. The van der Waals surface area contributed by atoms with Crippen LogP contribution >= 0.6 is 0 Å². The molecule has 3 unspecified atom stereocenters. The van der Waals surface area contributed by atoms with Crippen LogP contribution in [0.2, 0.25) is 0 Å². The van der Waals surface area contributed by atoms with E-state index in [0.717, 1.165) is 6.08 Å². The zero-order chi connectivity index (χ0) is 10.0. The van der Waals surface area contributed by atoms with Crippen molar-refractivity contribution >= 4 is 5.97 Å². The molecule has 0 amide bonds. The number of hydrogen-bond donors (Lipinski definition) is 2. The van der Waals surface area contributed by atoms with Crippen molar-refractivity contribution in [3.8, 4) is 0 Å². The Hall–Kier alpha value is -0.110. The van der Waals surface area contributed by atoms with Gasteiger partial charge in [-0.3, -0.25) is 0 Å². The number of carbonyl (C=O) groups is 1. The number of methoxy groups -OCH3 is 1. The van der Waals surface area contributed by atoms with Crippen molar-refractivity contribution in [3.63, 3.8) is 0 Å². The smallest absolute Gasteiger partial charge is 0.542 e. The van der Waals surface area contributed by atoms with E-state index in [1.165, 1.54) is 7.11 Å². The molecule has 6 nitrogen and oxygen atoms in total. The van der Waals surface area contributed by atoms with Gasteiger partial charge in [-0.1, -0.05) is 0 Å². The van der Waals surface area contributed by atoms with Crippen molar-refractivity contribution in [3.05, 3.63) is 11.8 Å². The summed E-state index contributed by atoms with van der Waals surface area (Å²) in [4.78, 5) is 10.3. The number of aliphatic hydroxyl groups excluding tert-OH is 2. The summed E-state index contributed by atoms with van der Waals surface area (Å²) in [5.41, 5.74) is 0. The Morgan fingerprint density at radius 1 is 1.64 bits per heavy atom. The van der Waals surface area contributed by atoms with E-state index in [-0.39, 0.29) is 29.6 Å². The Morgan fingerprint density at radius 3 is 2.64 bits per heavy atom. The van der Waals surface area contributed by atoms with E-state index in [9.17, 15) is 15.0 Å². The van der Waals surface area contributed by atoms with Crippen LogP contribution < -0.4 is 34.7 Å². The van der Waals surface area contributed by atoms with E-state index in [4.69, 9.17) is 5.11 Å². The molecule has 0 radical (unpaired) electrons. The summed E-state index contributed by atoms with van der Waals surface area (Å²) in [6.45, 7) is 0. The molecule has 0 saturated heterocycles. The number of hydrogen-bond acceptors (Lipinski definition) is 6. The fourth-order valence-corrected chi connectivity index (χ4v) is 0.953. The first-order valence-electron chi connectivity index (χ1n) is 3.55. The molecule has 0 spiro atoms. The molecule has 74 valence electrons. The molecule has 0 saturated carbocycles. The summed E-state index contributed by atoms with van der Waals surface area (Å²) < 4.78 is 9.24. The van der Waals surface area contributed by atoms with Gasteiger partial charge in [-0.05, 0) is 6.08 Å². The largest absolute Gasteiger partial charge is 1.00 e. The molecule has 7 heteroatoms. The Morgan fingerprint density at radius 2 is 2.21 bits per heavy atom. The maximum Gasteiger partial charge on any atom is 1.00 e. The summed E-state index contributed by atoms with van der Waals surface area (Å²) in [5.74, 6) is -2.10. The zero-order valence-corrected chi connectivity index (χ0v) is 9.84. The maximum absolute atomic E-state index is 10.3. The van der Waals surface area contributed by atoms with Gasteiger partial charge in [0.25, 0.3) is 0 Å². The van der Waals surface area contributed by atoms with E-state index >= 15 is 0 Å². The first kappa shape index (κ1) is 13.9. The molecule has 1 aliphatic heterocycles. The van der Waals surface area contributed by atoms with Crippen molar-refractivity contribution < 1.29 is 59.1 Å². The second-order valence-corrected chi connectivity index (χ2v) is 2.52. The molecular formula is C7H9NaO6. The van der Waals surface area contributed by atoms with Crippen LogP contribution in [0.4, 0.5) is 0 Å². The molecular weight excluding hydrogens is 203 g/mol. The van der Waals surface area contributed by atoms with E-state index in [1.807, 2.05) is 0 Å². The van der Waals surface area contributed by atoms with Crippen molar-refractivity contribution in [1.29, 1.82) is 0 Å². The minimum atomic E-state index is -1.56. The molecule has 1 rings (SSSR count). The summed E-state index contributed by atoms with van der Waals surface area (Å²) in [6.07, 6.45) is -2.96. The molecule has 14 heavy (non-hydrogen) atoms. The van der Waals surface area contributed by atoms with Gasteiger partial charge in [-0.25, -0.2) is 0 Å². The Bertz CT molecular complexity index is 240. The predicted octanol–water partition coefficient (Wildman–Crippen LogP) is -5.65. The van der Waals surface area contributed by atoms with Crippen LogP contribution in [0.5, 0.6) is 0 Å². The number of aliphatic hydroxyl groups is 2. The summed E-state index contributed by atoms with van der Waals surface area (Å²) in [5, 5.41) is 28.6. The van der Waals surface area contributed by atoms with E-state index < -0.39 is 30.2 Å². The van der Waals surface area contributed by atoms with E-state index in [1.54, 1.807) is 0 Å². The summed E-state index contributed by atoms with van der Waals surface area (Å²) in [7, 11) is 1.22. The van der Waals surface area contributed by atoms with Crippen molar-refractivity contribution in [1.82, 2.24) is 0 Å². The maximum atomic E-state index is 10.3. The number of carbonyl (C=O) groups excluding carboxylic acids is 1. The van der Waals surface area contributed by atoms with Crippen LogP contribution in [0.1, 0.15) is 0 Å². The molecule has 0 aliphatic carbocycles. The average Bonchev–Trinajstić information content (AvgIpc) is 2.09. The second kappa shape index (κ2) is 5.69. The number of carboxylic acid groups (broad SMARTS) is 1. The van der Waals surface area contributed by atoms with Crippen LogP contribution in [0.25, 0.3) is 0 Å². The normalized spacial score (nSPS) is 31.1. The van der Waals surface area contributed by atoms with Crippen LogP contribution in [0, 0.1) is 0 Å². The topological polar surface area (TPSA) is 99.1 Å². The molecule has 0 aromatic heterocycles. The van der Waals surface area contributed by atoms with Gasteiger partial charge < -0.3 is 29.6 Å². The van der Waals surface area contributed by atoms with Crippen molar-refractivity contribution in [2.45, 2.75) is 18.5 Å². The van der Waals surface area contributed by atoms with Crippen LogP contribution in [0.3, 0.4) is 0 Å². The molecule has 0 aromatic rings. The second-order valence-electron chi connectivity index (χ2n) is 2.52. The minimum Gasteiger partial charge on any atom is -0.542 e. The van der Waals surface area contributed by atoms with Gasteiger partial charge in [0.15, 0.2) is 0 Å². The molecule has 3 atom stereocenters. The number of rotatable bonds is 2. The number of aliphatic carboxylic acids is 1. The SMILES string of the molecule is COC1OC(C(=O)[O-])=CC(O)C1O.[Na+]. The van der Waals surface area contributed by atoms with E-state index in [2.05, 4.69) is 9.47 Å².